The summed E-state index contributed by atoms with van der Waals surface area (Å²) in [6.07, 6.45) is 0. The molecule has 30 heavy (non-hydrogen) atoms. The van der Waals surface area contributed by atoms with Gasteiger partial charge in [-0.25, -0.2) is 4.98 Å². The van der Waals surface area contributed by atoms with Gasteiger partial charge in [0.15, 0.2) is 5.13 Å². The molecule has 1 heterocycles. The largest absolute Gasteiger partial charge is 0.497 e. The average molecular weight is 428 g/mol. The molecule has 0 aliphatic carbocycles. The summed E-state index contributed by atoms with van der Waals surface area (Å²) in [7, 11) is 1.60. The van der Waals surface area contributed by atoms with Gasteiger partial charge >= 0.3 is 0 Å². The zero-order valence-corrected chi connectivity index (χ0v) is 18.2. The molecular formula is C22H25N3O4S. The number of hydrogen-bond donors (Lipinski definition) is 2. The molecular weight excluding hydrogens is 402 g/mol. The van der Waals surface area contributed by atoms with Gasteiger partial charge in [-0.2, -0.15) is 0 Å². The second-order valence-corrected chi connectivity index (χ2v) is 8.03. The van der Waals surface area contributed by atoms with E-state index >= 15 is 0 Å². The molecule has 1 aromatic heterocycles. The molecule has 0 aliphatic heterocycles. The number of anilines is 1. The van der Waals surface area contributed by atoms with Gasteiger partial charge < -0.3 is 20.1 Å². The summed E-state index contributed by atoms with van der Waals surface area (Å²) < 4.78 is 11.5. The van der Waals surface area contributed by atoms with Crippen LogP contribution in [0, 0.1) is 5.92 Å². The summed E-state index contributed by atoms with van der Waals surface area (Å²) in [6, 6.07) is 11.7. The molecule has 7 nitrogen and oxygen atoms in total. The van der Waals surface area contributed by atoms with Crippen molar-refractivity contribution in [1.29, 1.82) is 0 Å². The lowest BCUT2D eigenvalue weighted by Crippen LogP contribution is -2.47. The van der Waals surface area contributed by atoms with E-state index in [0.29, 0.717) is 23.1 Å². The number of thiazole rings is 1. The van der Waals surface area contributed by atoms with Gasteiger partial charge in [0.1, 0.15) is 17.5 Å². The van der Waals surface area contributed by atoms with E-state index in [1.54, 1.807) is 31.4 Å². The molecule has 3 rings (SSSR count). The summed E-state index contributed by atoms with van der Waals surface area (Å²) in [6.45, 7) is 6.21. The highest BCUT2D eigenvalue weighted by atomic mass is 32.1. The average Bonchev–Trinajstić information content (AvgIpc) is 3.13. The zero-order valence-electron chi connectivity index (χ0n) is 17.4. The Hall–Kier alpha value is -3.13. The predicted molar refractivity (Wildman–Crippen MR) is 119 cm³/mol. The normalized spacial score (nSPS) is 11.9. The van der Waals surface area contributed by atoms with Crippen molar-refractivity contribution >= 4 is 38.5 Å². The molecule has 0 saturated carbocycles. The third kappa shape index (κ3) is 5.07. The highest BCUT2D eigenvalue weighted by Gasteiger charge is 2.25. The number of fused-ring (bicyclic) bond motifs is 1. The lowest BCUT2D eigenvalue weighted by atomic mass is 10.0. The third-order valence-electron chi connectivity index (χ3n) is 4.49. The molecule has 2 aromatic carbocycles. The first-order chi connectivity index (χ1) is 14.4. The monoisotopic (exact) mass is 427 g/mol. The van der Waals surface area contributed by atoms with Gasteiger partial charge in [0, 0.05) is 5.56 Å². The lowest BCUT2D eigenvalue weighted by molar-refractivity contribution is -0.118. The van der Waals surface area contributed by atoms with Crippen molar-refractivity contribution < 1.29 is 19.1 Å². The topological polar surface area (TPSA) is 89.5 Å². The van der Waals surface area contributed by atoms with Crippen LogP contribution in [-0.4, -0.2) is 36.6 Å². The number of aromatic nitrogens is 1. The van der Waals surface area contributed by atoms with Crippen molar-refractivity contribution in [3.05, 3.63) is 48.0 Å². The predicted octanol–water partition coefficient (Wildman–Crippen LogP) is 4.10. The molecule has 0 unspecified atom stereocenters. The van der Waals surface area contributed by atoms with Crippen LogP contribution in [0.15, 0.2) is 42.5 Å². The molecule has 2 amide bonds. The van der Waals surface area contributed by atoms with Gasteiger partial charge in [-0.3, -0.25) is 9.59 Å². The van der Waals surface area contributed by atoms with Crippen LogP contribution in [0.1, 0.15) is 31.1 Å². The van der Waals surface area contributed by atoms with Crippen molar-refractivity contribution in [1.82, 2.24) is 10.3 Å². The first-order valence-corrected chi connectivity index (χ1v) is 10.5. The molecule has 3 aromatic rings. The number of nitrogens with one attached hydrogen (secondary N) is 2. The SMILES string of the molecule is CCOc1ccc(C(=O)N[C@@H](C(=O)Nc2nc3ccc(OC)cc3s2)C(C)C)cc1. The third-order valence-corrected chi connectivity index (χ3v) is 5.42. The van der Waals surface area contributed by atoms with Crippen molar-refractivity contribution in [2.24, 2.45) is 5.92 Å². The van der Waals surface area contributed by atoms with Crippen LogP contribution >= 0.6 is 11.3 Å². The second-order valence-electron chi connectivity index (χ2n) is 6.99. The Morgan fingerprint density at radius 3 is 2.43 bits per heavy atom. The van der Waals surface area contributed by atoms with E-state index in [-0.39, 0.29) is 17.7 Å². The van der Waals surface area contributed by atoms with Crippen molar-refractivity contribution in [2.45, 2.75) is 26.8 Å². The number of carbonyl (C=O) groups is 2. The molecule has 0 fully saturated rings. The maximum absolute atomic E-state index is 12.9. The van der Waals surface area contributed by atoms with E-state index < -0.39 is 6.04 Å². The van der Waals surface area contributed by atoms with Crippen molar-refractivity contribution in [3.8, 4) is 11.5 Å². The number of amides is 2. The van der Waals surface area contributed by atoms with Gasteiger partial charge in [0.2, 0.25) is 5.91 Å². The van der Waals surface area contributed by atoms with Crippen molar-refractivity contribution in [3.63, 3.8) is 0 Å². The number of benzene rings is 2. The number of carbonyl (C=O) groups excluding carboxylic acids is 2. The second kappa shape index (κ2) is 9.58. The molecule has 2 N–H and O–H groups in total. The number of nitrogens with zero attached hydrogens (tertiary/aromatic N) is 1. The quantitative estimate of drug-likeness (QED) is 0.565. The highest BCUT2D eigenvalue weighted by Crippen LogP contribution is 2.29. The summed E-state index contributed by atoms with van der Waals surface area (Å²) in [4.78, 5) is 29.9. The van der Waals surface area contributed by atoms with E-state index in [0.717, 1.165) is 16.0 Å². The summed E-state index contributed by atoms with van der Waals surface area (Å²) >= 11 is 1.36. The number of methoxy groups -OCH3 is 1. The zero-order chi connectivity index (χ0) is 21.7. The molecule has 8 heteroatoms. The van der Waals surface area contributed by atoms with Gasteiger partial charge in [-0.05, 0) is 55.3 Å². The van der Waals surface area contributed by atoms with Crippen LogP contribution in [0.3, 0.4) is 0 Å². The Balaban J connectivity index is 1.70. The first kappa shape index (κ1) is 21.6. The van der Waals surface area contributed by atoms with E-state index in [1.165, 1.54) is 11.3 Å². The standard InChI is InChI=1S/C22H25N3O4S/c1-5-29-15-8-6-14(7-9-15)20(26)24-19(13(2)3)21(27)25-22-23-17-11-10-16(28-4)12-18(17)30-22/h6-13,19H,5H2,1-4H3,(H,24,26)(H,23,25,27)/t19-/m1/s1. The molecule has 1 atom stereocenters. The van der Waals surface area contributed by atoms with E-state index in [4.69, 9.17) is 9.47 Å². The Morgan fingerprint density at radius 2 is 1.80 bits per heavy atom. The van der Waals surface area contributed by atoms with E-state index in [2.05, 4.69) is 15.6 Å². The number of rotatable bonds is 8. The Bertz CT molecular complexity index is 1030. The molecule has 0 spiro atoms. The molecule has 0 saturated heterocycles. The van der Waals surface area contributed by atoms with E-state index in [9.17, 15) is 9.59 Å². The fraction of sp³-hybridized carbons (Fsp3) is 0.318. The maximum atomic E-state index is 12.9. The molecule has 0 radical (unpaired) electrons. The number of ether oxygens (including phenoxy) is 2. The molecule has 0 bridgehead atoms. The van der Waals surface area contributed by atoms with Crippen LogP contribution in [0.5, 0.6) is 11.5 Å². The van der Waals surface area contributed by atoms with Crippen LogP contribution in [0.4, 0.5) is 5.13 Å². The summed E-state index contributed by atoms with van der Waals surface area (Å²) in [5.41, 5.74) is 1.24. The van der Waals surface area contributed by atoms with Crippen LogP contribution < -0.4 is 20.1 Å². The van der Waals surface area contributed by atoms with Crippen LogP contribution in [-0.2, 0) is 4.79 Å². The Labute approximate surface area is 179 Å². The Kier molecular flexibility index (Phi) is 6.89. The van der Waals surface area contributed by atoms with Crippen molar-refractivity contribution in [2.75, 3.05) is 19.0 Å². The first-order valence-electron chi connectivity index (χ1n) is 9.70. The minimum absolute atomic E-state index is 0.105. The Morgan fingerprint density at radius 1 is 1.10 bits per heavy atom. The summed E-state index contributed by atoms with van der Waals surface area (Å²) in [5, 5.41) is 6.12. The minimum Gasteiger partial charge on any atom is -0.497 e. The molecule has 0 aliphatic rings. The van der Waals surface area contributed by atoms with Crippen LogP contribution in [0.25, 0.3) is 10.2 Å². The smallest absolute Gasteiger partial charge is 0.251 e. The molecule has 158 valence electrons. The number of hydrogen-bond acceptors (Lipinski definition) is 6. The van der Waals surface area contributed by atoms with Gasteiger partial charge in [-0.15, -0.1) is 0 Å². The van der Waals surface area contributed by atoms with Crippen LogP contribution in [0.2, 0.25) is 0 Å². The maximum Gasteiger partial charge on any atom is 0.251 e. The van der Waals surface area contributed by atoms with Gasteiger partial charge in [-0.1, -0.05) is 25.2 Å². The summed E-state index contributed by atoms with van der Waals surface area (Å²) in [5.74, 6) is 0.689. The van der Waals surface area contributed by atoms with Gasteiger partial charge in [0.25, 0.3) is 5.91 Å². The fourth-order valence-corrected chi connectivity index (χ4v) is 3.79. The minimum atomic E-state index is -0.703. The van der Waals surface area contributed by atoms with Gasteiger partial charge in [0.05, 0.1) is 23.9 Å². The fourth-order valence-electron chi connectivity index (χ4n) is 2.90. The lowest BCUT2D eigenvalue weighted by Gasteiger charge is -2.21. The highest BCUT2D eigenvalue weighted by molar-refractivity contribution is 7.22. The van der Waals surface area contributed by atoms with E-state index in [1.807, 2.05) is 39.0 Å².